The molecular weight excluding hydrogens is 230 g/mol. The van der Waals surface area contributed by atoms with Crippen molar-refractivity contribution in [3.63, 3.8) is 0 Å². The number of nitrogens with zero attached hydrogens (tertiary/aromatic N) is 3. The number of hydrogen-bond donors (Lipinski definition) is 2. The summed E-state index contributed by atoms with van der Waals surface area (Å²) in [4.78, 5) is 16.7. The number of urea groups is 1. The largest absolute Gasteiger partial charge is 0.337 e. The van der Waals surface area contributed by atoms with Crippen molar-refractivity contribution >= 4 is 6.03 Å². The van der Waals surface area contributed by atoms with Crippen LogP contribution in [0.3, 0.4) is 0 Å². The van der Waals surface area contributed by atoms with Gasteiger partial charge < -0.3 is 15.5 Å². The lowest BCUT2D eigenvalue weighted by Gasteiger charge is -2.12. The summed E-state index contributed by atoms with van der Waals surface area (Å²) in [6.45, 7) is 1.74. The third-order valence-electron chi connectivity index (χ3n) is 2.30. The Balaban J connectivity index is 2.26. The minimum absolute atomic E-state index is 0.115. The number of rotatable bonds is 5. The van der Waals surface area contributed by atoms with Crippen molar-refractivity contribution in [3.05, 3.63) is 29.6 Å². The van der Waals surface area contributed by atoms with Gasteiger partial charge in [-0.3, -0.25) is 0 Å². The fourth-order valence-electron chi connectivity index (χ4n) is 1.32. The van der Waals surface area contributed by atoms with E-state index in [-0.39, 0.29) is 6.03 Å². The zero-order chi connectivity index (χ0) is 13.4. The number of nitrogens with one attached hydrogen (secondary N) is 2. The fourth-order valence-corrected chi connectivity index (χ4v) is 1.32. The monoisotopic (exact) mass is 247 g/mol. The van der Waals surface area contributed by atoms with Crippen molar-refractivity contribution in [1.82, 2.24) is 20.5 Å². The molecular formula is C12H17N5O. The third-order valence-corrected chi connectivity index (χ3v) is 2.30. The molecule has 0 saturated heterocycles. The number of aromatic nitrogens is 1. The smallest absolute Gasteiger partial charge is 0.316 e. The third kappa shape index (κ3) is 4.39. The number of pyridine rings is 1. The van der Waals surface area contributed by atoms with E-state index in [0.29, 0.717) is 25.3 Å². The van der Waals surface area contributed by atoms with Gasteiger partial charge in [-0.25, -0.2) is 9.78 Å². The lowest BCUT2D eigenvalue weighted by atomic mass is 10.2. The summed E-state index contributed by atoms with van der Waals surface area (Å²) in [5.74, 6) is 0. The van der Waals surface area contributed by atoms with Crippen molar-refractivity contribution in [1.29, 1.82) is 5.26 Å². The van der Waals surface area contributed by atoms with Gasteiger partial charge in [0, 0.05) is 45.5 Å². The molecule has 96 valence electrons. The first-order valence-corrected chi connectivity index (χ1v) is 5.65. The van der Waals surface area contributed by atoms with Gasteiger partial charge >= 0.3 is 6.03 Å². The van der Waals surface area contributed by atoms with Crippen LogP contribution < -0.4 is 10.6 Å². The van der Waals surface area contributed by atoms with Crippen LogP contribution in [0.25, 0.3) is 0 Å². The normalized spacial score (nSPS) is 9.61. The Morgan fingerprint density at radius 1 is 1.50 bits per heavy atom. The molecule has 0 bridgehead atoms. The van der Waals surface area contributed by atoms with Gasteiger partial charge in [0.25, 0.3) is 0 Å². The van der Waals surface area contributed by atoms with Gasteiger partial charge in [0.1, 0.15) is 11.8 Å². The molecule has 2 amide bonds. The van der Waals surface area contributed by atoms with Crippen molar-refractivity contribution in [2.24, 2.45) is 0 Å². The molecule has 0 fully saturated rings. The molecule has 0 spiro atoms. The van der Waals surface area contributed by atoms with Gasteiger partial charge in [-0.05, 0) is 6.07 Å². The number of carbonyl (C=O) groups excluding carboxylic acids is 1. The Kier molecular flexibility index (Phi) is 5.61. The van der Waals surface area contributed by atoms with E-state index in [0.717, 1.165) is 5.56 Å². The van der Waals surface area contributed by atoms with Crippen LogP contribution in [0.5, 0.6) is 0 Å². The highest BCUT2D eigenvalue weighted by atomic mass is 16.2. The molecule has 0 unspecified atom stereocenters. The van der Waals surface area contributed by atoms with Crippen LogP contribution in [-0.4, -0.2) is 43.1 Å². The van der Waals surface area contributed by atoms with Crippen molar-refractivity contribution in [2.75, 3.05) is 27.2 Å². The fraction of sp³-hybridized carbons (Fsp3) is 0.417. The van der Waals surface area contributed by atoms with E-state index in [4.69, 9.17) is 5.26 Å². The predicted octanol–water partition coefficient (Wildman–Crippen LogP) is 0.314. The van der Waals surface area contributed by atoms with E-state index in [9.17, 15) is 4.79 Å². The SMILES string of the molecule is CN(C)C(=O)NCCNCc1cccnc1C#N. The second-order valence-electron chi connectivity index (χ2n) is 3.93. The van der Waals surface area contributed by atoms with Crippen LogP contribution in [-0.2, 0) is 6.54 Å². The molecule has 1 aromatic rings. The molecule has 0 aliphatic carbocycles. The Morgan fingerprint density at radius 2 is 2.28 bits per heavy atom. The number of carbonyl (C=O) groups is 1. The van der Waals surface area contributed by atoms with Crippen LogP contribution in [0.2, 0.25) is 0 Å². The number of hydrogen-bond acceptors (Lipinski definition) is 4. The Bertz CT molecular complexity index is 438. The quantitative estimate of drug-likeness (QED) is 0.734. The minimum Gasteiger partial charge on any atom is -0.337 e. The maximum Gasteiger partial charge on any atom is 0.316 e. The van der Waals surface area contributed by atoms with E-state index >= 15 is 0 Å². The standard InChI is InChI=1S/C12H17N5O/c1-17(2)12(18)16-7-6-14-9-10-4-3-5-15-11(10)8-13/h3-5,14H,6-7,9H2,1-2H3,(H,16,18). The lowest BCUT2D eigenvalue weighted by molar-refractivity contribution is 0.217. The molecule has 0 saturated carbocycles. The molecule has 6 nitrogen and oxygen atoms in total. The average molecular weight is 247 g/mol. The molecule has 0 aliphatic rings. The molecule has 0 aromatic carbocycles. The van der Waals surface area contributed by atoms with Gasteiger partial charge in [0.2, 0.25) is 0 Å². The van der Waals surface area contributed by atoms with Gasteiger partial charge in [-0.15, -0.1) is 0 Å². The molecule has 0 aliphatic heterocycles. The summed E-state index contributed by atoms with van der Waals surface area (Å²) in [5, 5.41) is 14.7. The minimum atomic E-state index is -0.115. The van der Waals surface area contributed by atoms with Crippen LogP contribution in [0.15, 0.2) is 18.3 Å². The molecule has 0 atom stereocenters. The Hall–Kier alpha value is -2.13. The highest BCUT2D eigenvalue weighted by molar-refractivity contribution is 5.73. The molecule has 18 heavy (non-hydrogen) atoms. The Labute approximate surface area is 107 Å². The summed E-state index contributed by atoms with van der Waals surface area (Å²) in [5.41, 5.74) is 1.29. The van der Waals surface area contributed by atoms with Gasteiger partial charge in [0.15, 0.2) is 0 Å². The van der Waals surface area contributed by atoms with Gasteiger partial charge in [0.05, 0.1) is 0 Å². The summed E-state index contributed by atoms with van der Waals surface area (Å²) in [6.07, 6.45) is 1.60. The predicted molar refractivity (Wildman–Crippen MR) is 67.7 cm³/mol. The summed E-state index contributed by atoms with van der Waals surface area (Å²) >= 11 is 0. The van der Waals surface area contributed by atoms with E-state index < -0.39 is 0 Å². The first-order valence-electron chi connectivity index (χ1n) is 5.65. The van der Waals surface area contributed by atoms with Gasteiger partial charge in [-0.2, -0.15) is 5.26 Å². The zero-order valence-corrected chi connectivity index (χ0v) is 10.6. The summed E-state index contributed by atoms with van der Waals surface area (Å²) in [7, 11) is 3.38. The van der Waals surface area contributed by atoms with E-state index in [1.807, 2.05) is 12.1 Å². The first-order chi connectivity index (χ1) is 8.65. The maximum atomic E-state index is 11.2. The van der Waals surface area contributed by atoms with Crippen molar-refractivity contribution in [2.45, 2.75) is 6.54 Å². The molecule has 2 N–H and O–H groups in total. The number of amides is 2. The van der Waals surface area contributed by atoms with Crippen LogP contribution >= 0.6 is 0 Å². The topological polar surface area (TPSA) is 81.1 Å². The highest BCUT2D eigenvalue weighted by Gasteiger charge is 2.02. The number of nitriles is 1. The van der Waals surface area contributed by atoms with E-state index in [1.54, 1.807) is 26.4 Å². The van der Waals surface area contributed by atoms with E-state index in [1.165, 1.54) is 4.90 Å². The summed E-state index contributed by atoms with van der Waals surface area (Å²) in [6, 6.07) is 5.58. The van der Waals surface area contributed by atoms with Crippen molar-refractivity contribution in [3.8, 4) is 6.07 Å². The molecule has 6 heteroatoms. The van der Waals surface area contributed by atoms with Gasteiger partial charge in [-0.1, -0.05) is 6.07 Å². The maximum absolute atomic E-state index is 11.2. The average Bonchev–Trinajstić information content (AvgIpc) is 2.38. The molecule has 1 aromatic heterocycles. The summed E-state index contributed by atoms with van der Waals surface area (Å²) < 4.78 is 0. The zero-order valence-electron chi connectivity index (χ0n) is 10.6. The van der Waals surface area contributed by atoms with Crippen LogP contribution in [0.4, 0.5) is 4.79 Å². The van der Waals surface area contributed by atoms with Crippen LogP contribution in [0.1, 0.15) is 11.3 Å². The molecule has 0 radical (unpaired) electrons. The Morgan fingerprint density at radius 3 is 2.94 bits per heavy atom. The molecule has 1 heterocycles. The molecule has 1 rings (SSSR count). The highest BCUT2D eigenvalue weighted by Crippen LogP contribution is 2.02. The second-order valence-corrected chi connectivity index (χ2v) is 3.93. The van der Waals surface area contributed by atoms with Crippen molar-refractivity contribution < 1.29 is 4.79 Å². The lowest BCUT2D eigenvalue weighted by Crippen LogP contribution is -2.38. The van der Waals surface area contributed by atoms with E-state index in [2.05, 4.69) is 15.6 Å². The second kappa shape index (κ2) is 7.25. The first kappa shape index (κ1) is 13.9. The van der Waals surface area contributed by atoms with Crippen LogP contribution in [0, 0.1) is 11.3 Å².